The first kappa shape index (κ1) is 19.8. The number of methoxy groups -OCH3 is 1. The molecule has 0 atom stereocenters. The van der Waals surface area contributed by atoms with Crippen LogP contribution < -0.4 is 14.5 Å². The van der Waals surface area contributed by atoms with Crippen LogP contribution in [0.1, 0.15) is 5.56 Å². The van der Waals surface area contributed by atoms with E-state index in [-0.39, 0.29) is 5.75 Å². The van der Waals surface area contributed by atoms with Gasteiger partial charge in [-0.25, -0.2) is 9.52 Å². The number of aromatic nitrogens is 3. The molecule has 0 saturated carbocycles. The molecule has 0 bridgehead atoms. The largest absolute Gasteiger partial charge is 0.508 e. The zero-order chi connectivity index (χ0) is 21.6. The maximum Gasteiger partial charge on any atom is 0.212 e. The van der Waals surface area contributed by atoms with Gasteiger partial charge in [0, 0.05) is 0 Å². The van der Waals surface area contributed by atoms with Crippen molar-refractivity contribution in [1.82, 2.24) is 14.9 Å². The van der Waals surface area contributed by atoms with Crippen LogP contribution in [-0.2, 0) is 6.54 Å². The molecule has 1 heterocycles. The number of hydrogen-bond acceptors (Lipinski definition) is 6. The summed E-state index contributed by atoms with van der Waals surface area (Å²) in [6.07, 6.45) is 3.12. The van der Waals surface area contributed by atoms with Gasteiger partial charge in [-0.1, -0.05) is 18.2 Å². The lowest BCUT2D eigenvalue weighted by Gasteiger charge is -2.26. The van der Waals surface area contributed by atoms with E-state index in [1.54, 1.807) is 54.8 Å². The van der Waals surface area contributed by atoms with Gasteiger partial charge in [0.1, 0.15) is 35.7 Å². The second-order valence-corrected chi connectivity index (χ2v) is 6.61. The Kier molecular flexibility index (Phi) is 5.67. The van der Waals surface area contributed by atoms with Crippen LogP contribution in [0.25, 0.3) is 4.85 Å². The number of aromatic hydroxyl groups is 1. The van der Waals surface area contributed by atoms with E-state index in [2.05, 4.69) is 15.0 Å². The summed E-state index contributed by atoms with van der Waals surface area (Å²) in [6, 6.07) is 19.4. The van der Waals surface area contributed by atoms with Crippen LogP contribution in [0.4, 0.5) is 11.4 Å². The van der Waals surface area contributed by atoms with E-state index in [9.17, 15) is 5.11 Å². The molecule has 8 nitrogen and oxygen atoms in total. The highest BCUT2D eigenvalue weighted by Gasteiger charge is 2.16. The van der Waals surface area contributed by atoms with Crippen molar-refractivity contribution < 1.29 is 14.6 Å². The number of hydrogen-bond donors (Lipinski definition) is 1. The van der Waals surface area contributed by atoms with Crippen LogP contribution in [0.3, 0.4) is 0 Å². The van der Waals surface area contributed by atoms with Gasteiger partial charge >= 0.3 is 0 Å². The molecular weight excluding hydrogens is 394 g/mol. The molecule has 154 valence electrons. The van der Waals surface area contributed by atoms with Crippen molar-refractivity contribution in [2.45, 2.75) is 6.54 Å². The Balaban J connectivity index is 1.70. The van der Waals surface area contributed by atoms with Gasteiger partial charge in [0.15, 0.2) is 0 Å². The van der Waals surface area contributed by atoms with Crippen molar-refractivity contribution in [2.75, 3.05) is 12.1 Å². The third-order valence-corrected chi connectivity index (χ3v) is 4.59. The van der Waals surface area contributed by atoms with Crippen molar-refractivity contribution >= 4 is 11.4 Å². The summed E-state index contributed by atoms with van der Waals surface area (Å²) in [6.45, 7) is 8.04. The maximum atomic E-state index is 9.58. The quantitative estimate of drug-likeness (QED) is 0.439. The molecule has 4 rings (SSSR count). The highest BCUT2D eigenvalue weighted by molar-refractivity contribution is 5.73. The molecule has 0 saturated heterocycles. The molecule has 0 spiro atoms. The Morgan fingerprint density at radius 1 is 0.935 bits per heavy atom. The first-order chi connectivity index (χ1) is 15.2. The third-order valence-electron chi connectivity index (χ3n) is 4.59. The summed E-state index contributed by atoms with van der Waals surface area (Å²) in [5.74, 6) is 2.16. The fourth-order valence-corrected chi connectivity index (χ4v) is 3.03. The Morgan fingerprint density at radius 3 is 2.23 bits per heavy atom. The van der Waals surface area contributed by atoms with Crippen molar-refractivity contribution in [1.29, 1.82) is 0 Å². The highest BCUT2D eigenvalue weighted by Crippen LogP contribution is 2.36. The minimum absolute atomic E-state index is 0.191. The second kappa shape index (κ2) is 8.88. The smallest absolute Gasteiger partial charge is 0.212 e. The first-order valence-electron chi connectivity index (χ1n) is 9.40. The molecule has 4 aromatic rings. The Hall–Kier alpha value is -4.51. The van der Waals surface area contributed by atoms with Crippen LogP contribution in [0, 0.1) is 6.57 Å². The highest BCUT2D eigenvalue weighted by atomic mass is 16.5. The van der Waals surface area contributed by atoms with Gasteiger partial charge in [0.25, 0.3) is 0 Å². The molecule has 0 aliphatic carbocycles. The standard InChI is InChI=1S/C23H19N5O3/c1-24-22-12-11-21(31-20-9-7-19(30-2)8-10-20)13-23(22)28(27-15-25-26-16-27)14-17-3-5-18(29)6-4-17/h3-13,15-16,29H,14H2,2H3. The van der Waals surface area contributed by atoms with Crippen molar-refractivity contribution in [3.8, 4) is 23.0 Å². The van der Waals surface area contributed by atoms with Crippen LogP contribution in [0.2, 0.25) is 0 Å². The third kappa shape index (κ3) is 4.57. The molecule has 8 heteroatoms. The zero-order valence-electron chi connectivity index (χ0n) is 16.7. The molecule has 0 amide bonds. The van der Waals surface area contributed by atoms with Crippen molar-refractivity contribution in [3.05, 3.63) is 96.4 Å². The summed E-state index contributed by atoms with van der Waals surface area (Å²) in [7, 11) is 1.61. The van der Waals surface area contributed by atoms with Gasteiger partial charge in [0.2, 0.25) is 5.69 Å². The van der Waals surface area contributed by atoms with E-state index in [0.29, 0.717) is 29.4 Å². The number of rotatable bonds is 7. The molecule has 0 radical (unpaired) electrons. The fraction of sp³-hybridized carbons (Fsp3) is 0.0870. The van der Waals surface area contributed by atoms with Gasteiger partial charge in [-0.3, -0.25) is 5.01 Å². The Morgan fingerprint density at radius 2 is 1.58 bits per heavy atom. The van der Waals surface area contributed by atoms with E-state index < -0.39 is 0 Å². The van der Waals surface area contributed by atoms with Gasteiger partial charge < -0.3 is 14.6 Å². The lowest BCUT2D eigenvalue weighted by atomic mass is 10.2. The summed E-state index contributed by atoms with van der Waals surface area (Å²) in [5, 5.41) is 19.2. The lowest BCUT2D eigenvalue weighted by molar-refractivity contribution is 0.413. The normalized spacial score (nSPS) is 10.3. The summed E-state index contributed by atoms with van der Waals surface area (Å²) in [5.41, 5.74) is 2.02. The molecule has 1 aromatic heterocycles. The molecule has 0 aliphatic heterocycles. The van der Waals surface area contributed by atoms with Crippen LogP contribution in [0.5, 0.6) is 23.0 Å². The lowest BCUT2D eigenvalue weighted by Crippen LogP contribution is -2.27. The predicted molar refractivity (Wildman–Crippen MR) is 115 cm³/mol. The average Bonchev–Trinajstić information content (AvgIpc) is 3.34. The minimum Gasteiger partial charge on any atom is -0.508 e. The number of anilines is 1. The second-order valence-electron chi connectivity index (χ2n) is 6.61. The summed E-state index contributed by atoms with van der Waals surface area (Å²) in [4.78, 5) is 3.67. The van der Waals surface area contributed by atoms with E-state index in [0.717, 1.165) is 11.3 Å². The fourth-order valence-electron chi connectivity index (χ4n) is 3.03. The molecule has 1 N–H and O–H groups in total. The Labute approximate surface area is 179 Å². The number of nitrogens with zero attached hydrogens (tertiary/aromatic N) is 5. The van der Waals surface area contributed by atoms with Crippen LogP contribution >= 0.6 is 0 Å². The SMILES string of the molecule is [C-]#[N+]c1ccc(Oc2ccc(OC)cc2)cc1N(Cc1ccc(O)cc1)n1cnnc1. The summed E-state index contributed by atoms with van der Waals surface area (Å²) >= 11 is 0. The number of benzene rings is 3. The van der Waals surface area contributed by atoms with Gasteiger partial charge in [0.05, 0.1) is 25.9 Å². The molecule has 0 unspecified atom stereocenters. The van der Waals surface area contributed by atoms with Crippen molar-refractivity contribution in [3.63, 3.8) is 0 Å². The minimum atomic E-state index is 0.191. The molecule has 3 aromatic carbocycles. The average molecular weight is 413 g/mol. The molecular formula is C23H19N5O3. The number of phenols is 1. The maximum absolute atomic E-state index is 9.58. The molecule has 0 aliphatic rings. The van der Waals surface area contributed by atoms with Crippen molar-refractivity contribution in [2.24, 2.45) is 0 Å². The number of phenolic OH excluding ortho intramolecular Hbond substituents is 1. The van der Waals surface area contributed by atoms with E-state index in [1.165, 1.54) is 0 Å². The monoisotopic (exact) mass is 413 g/mol. The summed E-state index contributed by atoms with van der Waals surface area (Å²) < 4.78 is 12.9. The zero-order valence-corrected chi connectivity index (χ0v) is 16.7. The van der Waals surface area contributed by atoms with Crippen LogP contribution in [-0.4, -0.2) is 27.1 Å². The predicted octanol–water partition coefficient (Wildman–Crippen LogP) is 4.81. The number of ether oxygens (including phenoxy) is 2. The topological polar surface area (TPSA) is 77.0 Å². The van der Waals surface area contributed by atoms with Gasteiger partial charge in [-0.05, 0) is 54.1 Å². The van der Waals surface area contributed by atoms with Gasteiger partial charge in [-0.2, -0.15) is 0 Å². The van der Waals surface area contributed by atoms with E-state index in [1.807, 2.05) is 41.4 Å². The molecule has 0 fully saturated rings. The Bertz CT molecular complexity index is 1180. The molecule has 31 heavy (non-hydrogen) atoms. The van der Waals surface area contributed by atoms with Crippen LogP contribution in [0.15, 0.2) is 79.4 Å². The van der Waals surface area contributed by atoms with E-state index >= 15 is 0 Å². The first-order valence-corrected chi connectivity index (χ1v) is 9.40. The van der Waals surface area contributed by atoms with E-state index in [4.69, 9.17) is 16.0 Å². The van der Waals surface area contributed by atoms with Gasteiger partial charge in [-0.15, -0.1) is 10.2 Å².